The molecule has 1 aliphatic heterocycles. The molecule has 1 fully saturated rings. The predicted molar refractivity (Wildman–Crippen MR) is 88.1 cm³/mol. The van der Waals surface area contributed by atoms with Gasteiger partial charge in [0, 0.05) is 31.7 Å². The molecule has 2 aromatic rings. The van der Waals surface area contributed by atoms with Gasteiger partial charge in [-0.1, -0.05) is 60.7 Å². The molecular weight excluding hydrogens is 256 g/mol. The molecule has 1 saturated heterocycles. The molecule has 21 heavy (non-hydrogen) atoms. The van der Waals surface area contributed by atoms with E-state index in [-0.39, 0.29) is 0 Å². The van der Waals surface area contributed by atoms with E-state index in [1.54, 1.807) is 0 Å². The van der Waals surface area contributed by atoms with E-state index >= 15 is 0 Å². The predicted octanol–water partition coefficient (Wildman–Crippen LogP) is 3.61. The molecular formula is C19H24N2. The molecule has 2 atom stereocenters. The summed E-state index contributed by atoms with van der Waals surface area (Å²) >= 11 is 0. The highest BCUT2D eigenvalue weighted by Crippen LogP contribution is 2.18. The first-order valence-electron chi connectivity index (χ1n) is 7.88. The van der Waals surface area contributed by atoms with Crippen molar-refractivity contribution in [3.63, 3.8) is 0 Å². The molecule has 2 aromatic carbocycles. The highest BCUT2D eigenvalue weighted by Gasteiger charge is 2.23. The molecule has 0 aromatic heterocycles. The first-order chi connectivity index (χ1) is 10.3. The highest BCUT2D eigenvalue weighted by atomic mass is 15.2. The summed E-state index contributed by atoms with van der Waals surface area (Å²) in [6.07, 6.45) is 1.24. The Balaban J connectivity index is 1.51. The van der Waals surface area contributed by atoms with Gasteiger partial charge in [-0.05, 0) is 24.5 Å². The molecule has 0 spiro atoms. The van der Waals surface area contributed by atoms with Crippen molar-refractivity contribution >= 4 is 0 Å². The van der Waals surface area contributed by atoms with E-state index in [2.05, 4.69) is 77.8 Å². The van der Waals surface area contributed by atoms with Crippen molar-refractivity contribution in [2.24, 2.45) is 0 Å². The Hall–Kier alpha value is -1.64. The Bertz CT molecular complexity index is 538. The Morgan fingerprint density at radius 3 is 2.43 bits per heavy atom. The van der Waals surface area contributed by atoms with Crippen LogP contribution in [0.1, 0.15) is 30.5 Å². The van der Waals surface area contributed by atoms with Crippen molar-refractivity contribution in [2.45, 2.75) is 32.0 Å². The van der Waals surface area contributed by atoms with Crippen LogP contribution in [0.2, 0.25) is 0 Å². The lowest BCUT2D eigenvalue weighted by atomic mass is 10.1. The van der Waals surface area contributed by atoms with E-state index in [0.29, 0.717) is 12.1 Å². The van der Waals surface area contributed by atoms with E-state index in [9.17, 15) is 0 Å². The van der Waals surface area contributed by atoms with Gasteiger partial charge >= 0.3 is 0 Å². The molecule has 1 aliphatic rings. The first kappa shape index (κ1) is 14.3. The fourth-order valence-corrected chi connectivity index (χ4v) is 3.15. The molecule has 2 heteroatoms. The first-order valence-corrected chi connectivity index (χ1v) is 7.88. The number of hydrogen-bond donors (Lipinski definition) is 1. The number of hydrogen-bond acceptors (Lipinski definition) is 2. The van der Waals surface area contributed by atoms with Gasteiger partial charge in [0.1, 0.15) is 0 Å². The lowest BCUT2D eigenvalue weighted by Crippen LogP contribution is -2.34. The third-order valence-electron chi connectivity index (χ3n) is 4.31. The van der Waals surface area contributed by atoms with Gasteiger partial charge in [0.25, 0.3) is 0 Å². The molecule has 0 bridgehead atoms. The van der Waals surface area contributed by atoms with E-state index in [1.165, 1.54) is 24.1 Å². The number of likely N-dealkylation sites (tertiary alicyclic amines) is 1. The Labute approximate surface area is 127 Å². The second-order valence-corrected chi connectivity index (χ2v) is 6.01. The maximum atomic E-state index is 3.77. The highest BCUT2D eigenvalue weighted by molar-refractivity contribution is 5.18. The number of benzene rings is 2. The molecule has 3 rings (SSSR count). The summed E-state index contributed by atoms with van der Waals surface area (Å²) in [5.41, 5.74) is 2.79. The van der Waals surface area contributed by atoms with Crippen molar-refractivity contribution in [2.75, 3.05) is 13.1 Å². The second kappa shape index (κ2) is 6.88. The van der Waals surface area contributed by atoms with E-state index < -0.39 is 0 Å². The van der Waals surface area contributed by atoms with Gasteiger partial charge < -0.3 is 5.32 Å². The van der Waals surface area contributed by atoms with Crippen molar-refractivity contribution in [3.05, 3.63) is 71.8 Å². The topological polar surface area (TPSA) is 15.3 Å². The monoisotopic (exact) mass is 280 g/mol. The van der Waals surface area contributed by atoms with Crippen molar-refractivity contribution in [1.82, 2.24) is 10.2 Å². The lowest BCUT2D eigenvalue weighted by molar-refractivity contribution is 0.316. The van der Waals surface area contributed by atoms with Crippen LogP contribution in [-0.4, -0.2) is 24.0 Å². The van der Waals surface area contributed by atoms with Crippen LogP contribution in [0.3, 0.4) is 0 Å². The van der Waals surface area contributed by atoms with Crippen molar-refractivity contribution in [1.29, 1.82) is 0 Å². The standard InChI is InChI=1S/C19H24N2/c1-16(18-10-6-3-7-11-18)20-19-12-13-21(15-19)14-17-8-4-2-5-9-17/h2-11,16,19-20H,12-15H2,1H3/t16-,19+/m1/s1. The Morgan fingerprint density at radius 1 is 1.05 bits per heavy atom. The summed E-state index contributed by atoms with van der Waals surface area (Å²) in [7, 11) is 0. The van der Waals surface area contributed by atoms with Gasteiger partial charge in [0.15, 0.2) is 0 Å². The summed E-state index contributed by atoms with van der Waals surface area (Å²) in [5, 5.41) is 3.77. The second-order valence-electron chi connectivity index (χ2n) is 6.01. The van der Waals surface area contributed by atoms with Crippen LogP contribution in [0.4, 0.5) is 0 Å². The SMILES string of the molecule is C[C@@H](N[C@H]1CCN(Cc2ccccc2)C1)c1ccccc1. The Morgan fingerprint density at radius 2 is 1.71 bits per heavy atom. The van der Waals surface area contributed by atoms with Crippen LogP contribution in [0, 0.1) is 0 Å². The van der Waals surface area contributed by atoms with Crippen LogP contribution < -0.4 is 5.32 Å². The molecule has 0 unspecified atom stereocenters. The van der Waals surface area contributed by atoms with Crippen molar-refractivity contribution < 1.29 is 0 Å². The summed E-state index contributed by atoms with van der Waals surface area (Å²) < 4.78 is 0. The zero-order chi connectivity index (χ0) is 14.5. The third-order valence-corrected chi connectivity index (χ3v) is 4.31. The molecule has 1 N–H and O–H groups in total. The number of nitrogens with zero attached hydrogens (tertiary/aromatic N) is 1. The van der Waals surface area contributed by atoms with E-state index in [4.69, 9.17) is 0 Å². The van der Waals surface area contributed by atoms with Crippen LogP contribution in [0.5, 0.6) is 0 Å². The van der Waals surface area contributed by atoms with Crippen LogP contribution in [0.15, 0.2) is 60.7 Å². The normalized spacial score (nSPS) is 20.5. The summed E-state index contributed by atoms with van der Waals surface area (Å²) in [6, 6.07) is 22.5. The molecule has 0 amide bonds. The quantitative estimate of drug-likeness (QED) is 0.900. The zero-order valence-electron chi connectivity index (χ0n) is 12.7. The van der Waals surface area contributed by atoms with Crippen LogP contribution in [-0.2, 0) is 6.54 Å². The van der Waals surface area contributed by atoms with Crippen molar-refractivity contribution in [3.8, 4) is 0 Å². The largest absolute Gasteiger partial charge is 0.306 e. The van der Waals surface area contributed by atoms with E-state index in [1.807, 2.05) is 0 Å². The molecule has 0 radical (unpaired) electrons. The van der Waals surface area contributed by atoms with Gasteiger partial charge in [0.2, 0.25) is 0 Å². The maximum Gasteiger partial charge on any atom is 0.0294 e. The van der Waals surface area contributed by atoms with Gasteiger partial charge in [-0.25, -0.2) is 0 Å². The fourth-order valence-electron chi connectivity index (χ4n) is 3.15. The number of rotatable bonds is 5. The minimum Gasteiger partial charge on any atom is -0.306 e. The van der Waals surface area contributed by atoms with Gasteiger partial charge in [-0.15, -0.1) is 0 Å². The lowest BCUT2D eigenvalue weighted by Gasteiger charge is -2.21. The minimum atomic E-state index is 0.424. The molecule has 2 nitrogen and oxygen atoms in total. The van der Waals surface area contributed by atoms with E-state index in [0.717, 1.165) is 13.1 Å². The van der Waals surface area contributed by atoms with Gasteiger partial charge in [-0.2, -0.15) is 0 Å². The molecule has 0 saturated carbocycles. The average molecular weight is 280 g/mol. The van der Waals surface area contributed by atoms with Crippen LogP contribution >= 0.6 is 0 Å². The zero-order valence-corrected chi connectivity index (χ0v) is 12.7. The summed E-state index contributed by atoms with van der Waals surface area (Å²) in [5.74, 6) is 0. The maximum absolute atomic E-state index is 3.77. The van der Waals surface area contributed by atoms with Gasteiger partial charge in [-0.3, -0.25) is 4.90 Å². The summed E-state index contributed by atoms with van der Waals surface area (Å²) in [4.78, 5) is 2.55. The summed E-state index contributed by atoms with van der Waals surface area (Å²) in [6.45, 7) is 5.66. The molecule has 0 aliphatic carbocycles. The number of nitrogens with one attached hydrogen (secondary N) is 1. The Kier molecular flexibility index (Phi) is 4.69. The average Bonchev–Trinajstić information content (AvgIpc) is 2.96. The smallest absolute Gasteiger partial charge is 0.0294 e. The van der Waals surface area contributed by atoms with Crippen LogP contribution in [0.25, 0.3) is 0 Å². The molecule has 1 heterocycles. The van der Waals surface area contributed by atoms with Gasteiger partial charge in [0.05, 0.1) is 0 Å². The fraction of sp³-hybridized carbons (Fsp3) is 0.368. The minimum absolute atomic E-state index is 0.424. The molecule has 110 valence electrons. The third kappa shape index (κ3) is 3.93.